The van der Waals surface area contributed by atoms with Gasteiger partial charge in [-0.3, -0.25) is 0 Å². The molecule has 108 valence electrons. The van der Waals surface area contributed by atoms with Crippen molar-refractivity contribution in [3.8, 4) is 0 Å². The van der Waals surface area contributed by atoms with E-state index in [-0.39, 0.29) is 19.3 Å². The van der Waals surface area contributed by atoms with Crippen molar-refractivity contribution in [2.75, 3.05) is 0 Å². The first-order chi connectivity index (χ1) is 8.36. The number of hydrogen-bond acceptors (Lipinski definition) is 9. The van der Waals surface area contributed by atoms with Gasteiger partial charge in [0.2, 0.25) is 0 Å². The summed E-state index contributed by atoms with van der Waals surface area (Å²) in [5.41, 5.74) is 0. The summed E-state index contributed by atoms with van der Waals surface area (Å²) in [6.45, 7) is 0. The average Bonchev–Trinajstić information content (AvgIpc) is 2.12. The van der Waals surface area contributed by atoms with Gasteiger partial charge in [-0.15, -0.1) is 0 Å². The Hall–Kier alpha value is 0.930. The highest BCUT2D eigenvalue weighted by atomic mass is 31.2. The van der Waals surface area contributed by atoms with Crippen LogP contribution in [-0.2, 0) is 13.6 Å². The maximum Gasteiger partial charge on any atom is 0.327 e. The van der Waals surface area contributed by atoms with Gasteiger partial charge < -0.3 is 42.9 Å². The zero-order valence-corrected chi connectivity index (χ0v) is 11.8. The van der Waals surface area contributed by atoms with Crippen LogP contribution in [0.15, 0.2) is 0 Å². The van der Waals surface area contributed by atoms with Gasteiger partial charge in [-0.1, -0.05) is 0 Å². The van der Waals surface area contributed by atoms with E-state index < -0.39 is 44.1 Å². The first kappa shape index (κ1) is 17.0. The minimum absolute atomic E-state index is 0.231. The first-order valence-electron chi connectivity index (χ1n) is 4.90. The molecule has 0 saturated heterocycles. The molecule has 0 aromatic rings. The van der Waals surface area contributed by atoms with Crippen molar-refractivity contribution in [3.05, 3.63) is 0 Å². The summed E-state index contributed by atoms with van der Waals surface area (Å²) in [7, 11) is -7.66. The van der Waals surface area contributed by atoms with Crippen LogP contribution in [0.4, 0.5) is 0 Å². The lowest BCUT2D eigenvalue weighted by Crippen LogP contribution is -2.35. The minimum atomic E-state index is -2.55. The summed E-state index contributed by atoms with van der Waals surface area (Å²) >= 11 is 0. The Morgan fingerprint density at radius 1 is 0.556 bits per heavy atom. The van der Waals surface area contributed by atoms with Crippen LogP contribution in [0.1, 0.15) is 19.3 Å². The predicted molar refractivity (Wildman–Crippen MR) is 62.5 cm³/mol. The van der Waals surface area contributed by atoms with Crippen LogP contribution >= 0.6 is 25.8 Å². The molecular weight excluding hydrogens is 309 g/mol. The third-order valence-electron chi connectivity index (χ3n) is 2.31. The minimum Gasteiger partial charge on any atom is -0.328 e. The average molecular weight is 324 g/mol. The molecule has 1 saturated carbocycles. The predicted octanol–water partition coefficient (Wildman–Crippen LogP) is -0.0396. The topological polar surface area (TPSA) is 149 Å². The fourth-order valence-corrected chi connectivity index (χ4v) is 3.14. The van der Waals surface area contributed by atoms with E-state index in [0.29, 0.717) is 0 Å². The zero-order chi connectivity index (χ0) is 13.7. The smallest absolute Gasteiger partial charge is 0.327 e. The quantitative estimate of drug-likeness (QED) is 0.370. The van der Waals surface area contributed by atoms with Crippen LogP contribution in [0.25, 0.3) is 0 Å². The zero-order valence-electron chi connectivity index (χ0n) is 9.10. The van der Waals surface area contributed by atoms with Crippen LogP contribution < -0.4 is 0 Å². The Morgan fingerprint density at radius 2 is 0.778 bits per heavy atom. The van der Waals surface area contributed by atoms with Crippen LogP contribution in [0, 0.1) is 0 Å². The number of rotatable bonds is 6. The van der Waals surface area contributed by atoms with E-state index in [4.69, 9.17) is 42.9 Å². The molecular formula is C6H15O9P3. The van der Waals surface area contributed by atoms with Gasteiger partial charge in [-0.25, -0.2) is 0 Å². The third kappa shape index (κ3) is 6.91. The summed E-state index contributed by atoms with van der Waals surface area (Å²) in [6.07, 6.45) is -1.18. The molecule has 0 aromatic heterocycles. The van der Waals surface area contributed by atoms with Crippen molar-refractivity contribution in [1.29, 1.82) is 0 Å². The second kappa shape index (κ2) is 8.27. The molecule has 0 aliphatic heterocycles. The van der Waals surface area contributed by atoms with E-state index in [9.17, 15) is 0 Å². The summed E-state index contributed by atoms with van der Waals surface area (Å²) in [6, 6.07) is 0. The second-order valence-electron chi connectivity index (χ2n) is 3.65. The summed E-state index contributed by atoms with van der Waals surface area (Å²) < 4.78 is 14.5. The lowest BCUT2D eigenvalue weighted by atomic mass is 9.93. The highest BCUT2D eigenvalue weighted by molar-refractivity contribution is 7.39. The van der Waals surface area contributed by atoms with Gasteiger partial charge in [-0.2, -0.15) is 0 Å². The second-order valence-corrected chi connectivity index (χ2v) is 5.80. The van der Waals surface area contributed by atoms with E-state index in [0.717, 1.165) is 0 Å². The molecule has 6 N–H and O–H groups in total. The Bertz CT molecular complexity index is 196. The van der Waals surface area contributed by atoms with Crippen molar-refractivity contribution in [2.24, 2.45) is 0 Å². The summed E-state index contributed by atoms with van der Waals surface area (Å²) in [5, 5.41) is 0. The molecule has 0 bridgehead atoms. The molecule has 0 unspecified atom stereocenters. The molecule has 1 rings (SSSR count). The summed E-state index contributed by atoms with van der Waals surface area (Å²) in [5.74, 6) is 0. The van der Waals surface area contributed by atoms with E-state index in [2.05, 4.69) is 0 Å². The van der Waals surface area contributed by atoms with Crippen LogP contribution in [0.5, 0.6) is 0 Å². The van der Waals surface area contributed by atoms with Gasteiger partial charge in [0.1, 0.15) is 0 Å². The molecule has 9 nitrogen and oxygen atoms in total. The molecule has 1 fully saturated rings. The van der Waals surface area contributed by atoms with Gasteiger partial charge in [0.15, 0.2) is 0 Å². The molecule has 18 heavy (non-hydrogen) atoms. The van der Waals surface area contributed by atoms with Gasteiger partial charge in [0, 0.05) is 19.3 Å². The number of hydrogen-bond donors (Lipinski definition) is 6. The van der Waals surface area contributed by atoms with Gasteiger partial charge >= 0.3 is 25.8 Å². The maximum atomic E-state index is 8.77. The van der Waals surface area contributed by atoms with Crippen molar-refractivity contribution in [2.45, 2.75) is 37.6 Å². The highest BCUT2D eigenvalue weighted by Gasteiger charge is 2.34. The van der Waals surface area contributed by atoms with Crippen LogP contribution in [0.2, 0.25) is 0 Å². The van der Waals surface area contributed by atoms with Gasteiger partial charge in [-0.05, 0) is 0 Å². The Labute approximate surface area is 107 Å². The summed E-state index contributed by atoms with van der Waals surface area (Å²) in [4.78, 5) is 52.6. The SMILES string of the molecule is OP(O)OC1CC(OP(O)O)CC(OP(O)O)C1. The van der Waals surface area contributed by atoms with Crippen molar-refractivity contribution in [1.82, 2.24) is 0 Å². The molecule has 0 heterocycles. The lowest BCUT2D eigenvalue weighted by molar-refractivity contribution is -0.00571. The molecule has 0 radical (unpaired) electrons. The monoisotopic (exact) mass is 324 g/mol. The largest absolute Gasteiger partial charge is 0.328 e. The van der Waals surface area contributed by atoms with Gasteiger partial charge in [0.05, 0.1) is 18.3 Å². The van der Waals surface area contributed by atoms with Crippen molar-refractivity contribution < 1.29 is 42.9 Å². The van der Waals surface area contributed by atoms with E-state index in [1.165, 1.54) is 0 Å². The molecule has 0 spiro atoms. The molecule has 1 aliphatic rings. The lowest BCUT2D eigenvalue weighted by Gasteiger charge is -2.34. The van der Waals surface area contributed by atoms with Gasteiger partial charge in [0.25, 0.3) is 0 Å². The standard InChI is InChI=1S/C6H15O9P3/c7-16(8)13-4-1-5(14-17(9)10)3-6(2-4)15-18(11)12/h4-12H,1-3H2. The first-order valence-corrected chi connectivity index (χ1v) is 8.40. The third-order valence-corrected chi connectivity index (χ3v) is 3.77. The van der Waals surface area contributed by atoms with E-state index in [1.54, 1.807) is 0 Å². The fourth-order valence-electron chi connectivity index (χ4n) is 1.83. The normalized spacial score (nSPS) is 29.5. The van der Waals surface area contributed by atoms with E-state index in [1.807, 2.05) is 0 Å². The highest BCUT2D eigenvalue weighted by Crippen LogP contribution is 2.41. The molecule has 1 aliphatic carbocycles. The van der Waals surface area contributed by atoms with Crippen LogP contribution in [-0.4, -0.2) is 47.7 Å². The molecule has 12 heteroatoms. The van der Waals surface area contributed by atoms with Crippen molar-refractivity contribution in [3.63, 3.8) is 0 Å². The Kier molecular flexibility index (Phi) is 7.80. The molecule has 0 atom stereocenters. The molecule has 0 aromatic carbocycles. The van der Waals surface area contributed by atoms with Crippen LogP contribution in [0.3, 0.4) is 0 Å². The fraction of sp³-hybridized carbons (Fsp3) is 1.00. The molecule has 0 amide bonds. The maximum absolute atomic E-state index is 8.77. The van der Waals surface area contributed by atoms with E-state index >= 15 is 0 Å². The Morgan fingerprint density at radius 3 is 0.944 bits per heavy atom. The van der Waals surface area contributed by atoms with Crippen molar-refractivity contribution >= 4 is 25.8 Å². The Balaban J connectivity index is 2.54.